The minimum absolute atomic E-state index is 0.0758. The Bertz CT molecular complexity index is 1070. The fourth-order valence-corrected chi connectivity index (χ4v) is 2.80. The van der Waals surface area contributed by atoms with Crippen LogP contribution in [-0.2, 0) is 6.42 Å². The van der Waals surface area contributed by atoms with Crippen LogP contribution < -0.4 is 5.32 Å². The second-order valence-corrected chi connectivity index (χ2v) is 6.08. The van der Waals surface area contributed by atoms with E-state index in [0.29, 0.717) is 24.5 Å². The number of halogens is 1. The Labute approximate surface area is 154 Å². The molecule has 0 radical (unpaired) electrons. The Morgan fingerprint density at radius 1 is 1.15 bits per heavy atom. The number of aromatic nitrogens is 5. The summed E-state index contributed by atoms with van der Waals surface area (Å²) in [5.74, 6) is -0.0666. The zero-order valence-electron chi connectivity index (χ0n) is 14.6. The normalized spacial score (nSPS) is 11.0. The van der Waals surface area contributed by atoms with E-state index in [-0.39, 0.29) is 17.5 Å². The first-order valence-electron chi connectivity index (χ1n) is 8.50. The second-order valence-electron chi connectivity index (χ2n) is 6.08. The van der Waals surface area contributed by atoms with Crippen molar-refractivity contribution in [2.75, 3.05) is 6.54 Å². The van der Waals surface area contributed by atoms with Crippen molar-refractivity contribution >= 4 is 11.6 Å². The van der Waals surface area contributed by atoms with Crippen molar-refractivity contribution in [3.8, 4) is 5.69 Å². The lowest BCUT2D eigenvalue weighted by Crippen LogP contribution is -2.27. The summed E-state index contributed by atoms with van der Waals surface area (Å²) in [5.41, 5.74) is 2.40. The van der Waals surface area contributed by atoms with Gasteiger partial charge in [0.05, 0.1) is 11.4 Å². The number of benzene rings is 1. The van der Waals surface area contributed by atoms with Crippen LogP contribution in [0.15, 0.2) is 54.9 Å². The van der Waals surface area contributed by atoms with Gasteiger partial charge in [-0.05, 0) is 43.3 Å². The molecule has 0 spiro atoms. The number of hydrogen-bond donors (Lipinski definition) is 1. The summed E-state index contributed by atoms with van der Waals surface area (Å²) in [6, 6.07) is 11.6. The minimum Gasteiger partial charge on any atom is -0.349 e. The predicted octanol–water partition coefficient (Wildman–Crippen LogP) is 2.34. The lowest BCUT2D eigenvalue weighted by atomic mass is 10.3. The topological polar surface area (TPSA) is 77.1 Å². The van der Waals surface area contributed by atoms with E-state index in [1.165, 1.54) is 16.8 Å². The van der Waals surface area contributed by atoms with Crippen molar-refractivity contribution in [1.82, 2.24) is 29.5 Å². The van der Waals surface area contributed by atoms with Gasteiger partial charge in [0.25, 0.3) is 5.91 Å². The summed E-state index contributed by atoms with van der Waals surface area (Å²) in [6.45, 7) is 2.16. The quantitative estimate of drug-likeness (QED) is 0.590. The zero-order chi connectivity index (χ0) is 18.8. The van der Waals surface area contributed by atoms with E-state index < -0.39 is 0 Å². The highest BCUT2D eigenvalue weighted by Crippen LogP contribution is 2.11. The Hall–Kier alpha value is -3.55. The first-order valence-corrected chi connectivity index (χ1v) is 8.50. The summed E-state index contributed by atoms with van der Waals surface area (Å²) in [7, 11) is 0. The van der Waals surface area contributed by atoms with Crippen molar-refractivity contribution < 1.29 is 9.18 Å². The third-order valence-electron chi connectivity index (χ3n) is 4.12. The predicted molar refractivity (Wildman–Crippen MR) is 97.3 cm³/mol. The number of imidazole rings is 1. The van der Waals surface area contributed by atoms with Crippen molar-refractivity contribution in [3.63, 3.8) is 0 Å². The van der Waals surface area contributed by atoms with Crippen molar-refractivity contribution in [3.05, 3.63) is 78.0 Å². The van der Waals surface area contributed by atoms with Gasteiger partial charge in [-0.3, -0.25) is 4.79 Å². The van der Waals surface area contributed by atoms with Crippen molar-refractivity contribution in [2.24, 2.45) is 0 Å². The Kier molecular flexibility index (Phi) is 4.37. The molecule has 7 nitrogen and oxygen atoms in total. The molecule has 0 saturated carbocycles. The molecule has 0 aliphatic heterocycles. The number of fused-ring (bicyclic) bond motifs is 1. The molecule has 4 aromatic rings. The average Bonchev–Trinajstić information content (AvgIpc) is 3.25. The molecule has 0 aliphatic rings. The lowest BCUT2D eigenvalue weighted by molar-refractivity contribution is 0.0943. The van der Waals surface area contributed by atoms with E-state index in [4.69, 9.17) is 0 Å². The number of nitrogens with zero attached hydrogens (tertiary/aromatic N) is 5. The average molecular weight is 364 g/mol. The number of amides is 1. The third kappa shape index (κ3) is 3.55. The number of nitrogens with one attached hydrogen (secondary N) is 1. The molecule has 1 aromatic carbocycles. The summed E-state index contributed by atoms with van der Waals surface area (Å²) >= 11 is 0. The largest absolute Gasteiger partial charge is 0.349 e. The van der Waals surface area contributed by atoms with Gasteiger partial charge in [-0.25, -0.2) is 19.0 Å². The van der Waals surface area contributed by atoms with Crippen LogP contribution in [0, 0.1) is 12.7 Å². The molecule has 1 N–H and O–H groups in total. The van der Waals surface area contributed by atoms with Crippen LogP contribution in [0.5, 0.6) is 0 Å². The molecular formula is C19H17FN6O. The number of carbonyl (C=O) groups excluding carboxylic acids is 1. The minimum atomic E-state index is -0.359. The SMILES string of the molecule is Cc1nc(C(=O)NCCc2cn3ccccc3n2)nn1-c1ccc(F)cc1. The monoisotopic (exact) mass is 364 g/mol. The van der Waals surface area contributed by atoms with Gasteiger partial charge in [-0.1, -0.05) is 6.07 Å². The molecule has 0 atom stereocenters. The Morgan fingerprint density at radius 2 is 1.96 bits per heavy atom. The van der Waals surface area contributed by atoms with Crippen molar-refractivity contribution in [2.45, 2.75) is 13.3 Å². The van der Waals surface area contributed by atoms with Gasteiger partial charge in [-0.15, -0.1) is 5.10 Å². The highest BCUT2D eigenvalue weighted by atomic mass is 19.1. The molecular weight excluding hydrogens is 347 g/mol. The zero-order valence-corrected chi connectivity index (χ0v) is 14.6. The van der Waals surface area contributed by atoms with Crippen LogP contribution in [0.2, 0.25) is 0 Å². The van der Waals surface area contributed by atoms with Crippen LogP contribution in [0.3, 0.4) is 0 Å². The van der Waals surface area contributed by atoms with Crippen LogP contribution in [0.1, 0.15) is 22.1 Å². The molecule has 0 unspecified atom stereocenters. The molecule has 136 valence electrons. The van der Waals surface area contributed by atoms with Gasteiger partial charge >= 0.3 is 0 Å². The molecule has 0 bridgehead atoms. The fourth-order valence-electron chi connectivity index (χ4n) is 2.80. The third-order valence-corrected chi connectivity index (χ3v) is 4.12. The van der Waals surface area contributed by atoms with Crippen LogP contribution in [-0.4, -0.2) is 36.6 Å². The summed E-state index contributed by atoms with van der Waals surface area (Å²) in [4.78, 5) is 21.0. The smallest absolute Gasteiger partial charge is 0.290 e. The molecule has 1 amide bonds. The van der Waals surface area contributed by atoms with Crippen LogP contribution in [0.25, 0.3) is 11.3 Å². The molecule has 0 aliphatic carbocycles. The second kappa shape index (κ2) is 6.99. The first kappa shape index (κ1) is 16.9. The number of carbonyl (C=O) groups is 1. The number of hydrogen-bond acceptors (Lipinski definition) is 4. The molecule has 3 heterocycles. The van der Waals surface area contributed by atoms with E-state index >= 15 is 0 Å². The van der Waals surface area contributed by atoms with E-state index in [9.17, 15) is 9.18 Å². The number of rotatable bonds is 5. The maximum atomic E-state index is 13.1. The van der Waals surface area contributed by atoms with E-state index in [0.717, 1.165) is 11.3 Å². The number of pyridine rings is 1. The highest BCUT2D eigenvalue weighted by Gasteiger charge is 2.15. The van der Waals surface area contributed by atoms with Gasteiger partial charge < -0.3 is 9.72 Å². The molecule has 27 heavy (non-hydrogen) atoms. The Morgan fingerprint density at radius 3 is 2.74 bits per heavy atom. The van der Waals surface area contributed by atoms with E-state index in [1.54, 1.807) is 19.1 Å². The van der Waals surface area contributed by atoms with Gasteiger partial charge in [-0.2, -0.15) is 0 Å². The van der Waals surface area contributed by atoms with Gasteiger partial charge in [0.15, 0.2) is 0 Å². The fraction of sp³-hybridized carbons (Fsp3) is 0.158. The molecule has 0 saturated heterocycles. The summed E-state index contributed by atoms with van der Waals surface area (Å²) < 4.78 is 16.5. The standard InChI is InChI=1S/C19H17FN6O/c1-13-22-18(24-26(13)16-7-5-14(20)6-8-16)19(27)21-10-9-15-12-25-11-3-2-4-17(25)23-15/h2-8,11-12H,9-10H2,1H3,(H,21,27). The highest BCUT2D eigenvalue weighted by molar-refractivity contribution is 5.90. The van der Waals surface area contributed by atoms with E-state index in [1.807, 2.05) is 35.0 Å². The van der Waals surface area contributed by atoms with Gasteiger partial charge in [0.2, 0.25) is 5.82 Å². The van der Waals surface area contributed by atoms with Crippen molar-refractivity contribution in [1.29, 1.82) is 0 Å². The first-order chi connectivity index (χ1) is 13.1. The molecule has 4 rings (SSSR count). The number of aryl methyl sites for hydroxylation is 1. The summed E-state index contributed by atoms with van der Waals surface area (Å²) in [5, 5.41) is 7.03. The van der Waals surface area contributed by atoms with Crippen LogP contribution >= 0.6 is 0 Å². The molecule has 8 heteroatoms. The molecule has 0 fully saturated rings. The molecule has 3 aromatic heterocycles. The van der Waals surface area contributed by atoms with Crippen LogP contribution in [0.4, 0.5) is 4.39 Å². The Balaban J connectivity index is 1.41. The lowest BCUT2D eigenvalue weighted by Gasteiger charge is -2.02. The maximum absolute atomic E-state index is 13.1. The summed E-state index contributed by atoms with van der Waals surface area (Å²) in [6.07, 6.45) is 4.47. The van der Waals surface area contributed by atoms with Gasteiger partial charge in [0.1, 0.15) is 17.3 Å². The van der Waals surface area contributed by atoms with E-state index in [2.05, 4.69) is 20.4 Å². The van der Waals surface area contributed by atoms with Gasteiger partial charge in [0, 0.05) is 25.4 Å². The maximum Gasteiger partial charge on any atom is 0.290 e.